The lowest BCUT2D eigenvalue weighted by molar-refractivity contribution is -0.385. The van der Waals surface area contributed by atoms with Crippen molar-refractivity contribution in [3.05, 3.63) is 39.9 Å². The third-order valence-corrected chi connectivity index (χ3v) is 2.23. The van der Waals surface area contributed by atoms with Gasteiger partial charge in [-0.2, -0.15) is 0 Å². The number of non-ortho nitro benzene ring substituents is 1. The minimum atomic E-state index is -1.22. The van der Waals surface area contributed by atoms with E-state index in [2.05, 4.69) is 0 Å². The number of carbonyl (C=O) groups excluding carboxylic acids is 1. The molecule has 1 aromatic rings. The highest BCUT2D eigenvalue weighted by molar-refractivity contribution is 5.82. The van der Waals surface area contributed by atoms with E-state index in [0.717, 1.165) is 0 Å². The van der Waals surface area contributed by atoms with Gasteiger partial charge in [0.15, 0.2) is 0 Å². The molecule has 0 aliphatic carbocycles. The fourth-order valence-corrected chi connectivity index (χ4v) is 1.25. The predicted molar refractivity (Wildman–Crippen MR) is 56.7 cm³/mol. The van der Waals surface area contributed by atoms with E-state index in [-0.39, 0.29) is 17.0 Å². The van der Waals surface area contributed by atoms with Crippen molar-refractivity contribution in [1.29, 1.82) is 0 Å². The molecule has 0 radical (unpaired) electrons. The number of aliphatic hydroxyl groups excluding tert-OH is 1. The topological polar surface area (TPSA) is 106 Å². The lowest BCUT2D eigenvalue weighted by Gasteiger charge is -2.15. The van der Waals surface area contributed by atoms with Crippen LogP contribution in [0.5, 0.6) is 0 Å². The van der Waals surface area contributed by atoms with Crippen LogP contribution >= 0.6 is 0 Å². The summed E-state index contributed by atoms with van der Waals surface area (Å²) < 4.78 is 0. The maximum absolute atomic E-state index is 11.0. The molecule has 0 heterocycles. The van der Waals surface area contributed by atoms with Gasteiger partial charge in [0, 0.05) is 12.1 Å². The van der Waals surface area contributed by atoms with Gasteiger partial charge in [0.1, 0.15) is 11.9 Å². The van der Waals surface area contributed by atoms with Gasteiger partial charge in [-0.15, -0.1) is 0 Å². The lowest BCUT2D eigenvalue weighted by atomic mass is 10.00. The van der Waals surface area contributed by atoms with Crippen LogP contribution in [-0.4, -0.2) is 21.9 Å². The van der Waals surface area contributed by atoms with Crippen LogP contribution in [-0.2, 0) is 4.79 Å². The third kappa shape index (κ3) is 2.62. The quantitative estimate of drug-likeness (QED) is 0.573. The Balaban J connectivity index is 3.00. The summed E-state index contributed by atoms with van der Waals surface area (Å²) in [6.07, 6.45) is -1.22. The number of hydrogen-bond acceptors (Lipinski definition) is 5. The molecule has 0 amide bonds. The highest BCUT2D eigenvalue weighted by atomic mass is 16.6. The smallest absolute Gasteiger partial charge is 0.269 e. The molecule has 0 saturated heterocycles. The number of nitro benzene ring substituents is 1. The number of nitrogens with two attached hydrogens (primary N) is 1. The number of Topliss-reactive ketones (excluding diaryl/α,β-unsaturated/α-hetero) is 1. The first-order valence-electron chi connectivity index (χ1n) is 4.62. The van der Waals surface area contributed by atoms with Crippen molar-refractivity contribution in [3.8, 4) is 0 Å². The number of ketones is 1. The molecule has 0 fully saturated rings. The number of nitrogens with zero attached hydrogens (tertiary/aromatic N) is 1. The van der Waals surface area contributed by atoms with E-state index in [1.807, 2.05) is 0 Å². The van der Waals surface area contributed by atoms with Crippen LogP contribution < -0.4 is 5.73 Å². The highest BCUT2D eigenvalue weighted by Gasteiger charge is 2.22. The normalized spacial score (nSPS) is 14.2. The first-order chi connectivity index (χ1) is 7.43. The Morgan fingerprint density at radius 1 is 1.56 bits per heavy atom. The van der Waals surface area contributed by atoms with E-state index in [1.54, 1.807) is 0 Å². The van der Waals surface area contributed by atoms with Crippen molar-refractivity contribution in [2.75, 3.05) is 0 Å². The van der Waals surface area contributed by atoms with E-state index in [0.29, 0.717) is 0 Å². The van der Waals surface area contributed by atoms with Crippen LogP contribution in [0.2, 0.25) is 0 Å². The van der Waals surface area contributed by atoms with Crippen molar-refractivity contribution in [1.82, 2.24) is 0 Å². The minimum absolute atomic E-state index is 0.146. The van der Waals surface area contributed by atoms with Gasteiger partial charge in [0.2, 0.25) is 0 Å². The Morgan fingerprint density at radius 3 is 2.69 bits per heavy atom. The van der Waals surface area contributed by atoms with Crippen LogP contribution in [0.15, 0.2) is 24.3 Å². The molecule has 0 bridgehead atoms. The third-order valence-electron chi connectivity index (χ3n) is 2.23. The standard InChI is InChI=1S/C10H12N2O4/c1-6(13)9(11)10(14)7-3-2-4-8(5-7)12(15)16/h2-5,9-10,14H,11H2,1H3/t9-,10-/m1/s1. The van der Waals surface area contributed by atoms with Crippen LogP contribution in [0.4, 0.5) is 5.69 Å². The summed E-state index contributed by atoms with van der Waals surface area (Å²) in [5, 5.41) is 20.2. The van der Waals surface area contributed by atoms with Gasteiger partial charge >= 0.3 is 0 Å². The molecule has 16 heavy (non-hydrogen) atoms. The van der Waals surface area contributed by atoms with Gasteiger partial charge in [-0.3, -0.25) is 14.9 Å². The van der Waals surface area contributed by atoms with Gasteiger partial charge in [-0.05, 0) is 12.5 Å². The zero-order chi connectivity index (χ0) is 12.3. The monoisotopic (exact) mass is 224 g/mol. The molecule has 6 nitrogen and oxygen atoms in total. The van der Waals surface area contributed by atoms with Gasteiger partial charge in [0.05, 0.1) is 11.0 Å². The largest absolute Gasteiger partial charge is 0.386 e. The van der Waals surface area contributed by atoms with E-state index >= 15 is 0 Å². The van der Waals surface area contributed by atoms with E-state index in [4.69, 9.17) is 5.73 Å². The highest BCUT2D eigenvalue weighted by Crippen LogP contribution is 2.21. The fourth-order valence-electron chi connectivity index (χ4n) is 1.25. The van der Waals surface area contributed by atoms with Crippen molar-refractivity contribution in [2.45, 2.75) is 19.1 Å². The van der Waals surface area contributed by atoms with Crippen LogP contribution in [0.25, 0.3) is 0 Å². The Morgan fingerprint density at radius 2 is 2.19 bits per heavy atom. The molecule has 0 unspecified atom stereocenters. The second-order valence-electron chi connectivity index (χ2n) is 3.43. The lowest BCUT2D eigenvalue weighted by Crippen LogP contribution is -2.35. The molecule has 1 aromatic carbocycles. The van der Waals surface area contributed by atoms with Crippen LogP contribution in [0.3, 0.4) is 0 Å². The van der Waals surface area contributed by atoms with Crippen LogP contribution in [0.1, 0.15) is 18.6 Å². The van der Waals surface area contributed by atoms with E-state index < -0.39 is 17.1 Å². The molecule has 1 rings (SSSR count). The summed E-state index contributed by atoms with van der Waals surface area (Å²) in [6, 6.07) is 4.36. The summed E-state index contributed by atoms with van der Waals surface area (Å²) >= 11 is 0. The van der Waals surface area contributed by atoms with Crippen molar-refractivity contribution < 1.29 is 14.8 Å². The van der Waals surface area contributed by atoms with Gasteiger partial charge in [-0.25, -0.2) is 0 Å². The van der Waals surface area contributed by atoms with E-state index in [1.165, 1.54) is 31.2 Å². The summed E-state index contributed by atoms with van der Waals surface area (Å²) in [7, 11) is 0. The average Bonchev–Trinajstić information content (AvgIpc) is 2.27. The second kappa shape index (κ2) is 4.82. The number of benzene rings is 1. The maximum Gasteiger partial charge on any atom is 0.269 e. The zero-order valence-corrected chi connectivity index (χ0v) is 8.66. The second-order valence-corrected chi connectivity index (χ2v) is 3.43. The molecule has 2 atom stereocenters. The first-order valence-corrected chi connectivity index (χ1v) is 4.62. The molecular weight excluding hydrogens is 212 g/mol. The Hall–Kier alpha value is -1.79. The number of nitro groups is 1. The summed E-state index contributed by atoms with van der Waals surface area (Å²) in [4.78, 5) is 20.9. The Kier molecular flexibility index (Phi) is 3.70. The molecule has 0 saturated carbocycles. The van der Waals surface area contributed by atoms with Gasteiger partial charge < -0.3 is 10.8 Å². The average molecular weight is 224 g/mol. The summed E-state index contributed by atoms with van der Waals surface area (Å²) in [6.45, 7) is 1.26. The molecule has 0 aliphatic heterocycles. The Labute approximate surface area is 91.8 Å². The summed E-state index contributed by atoms with van der Waals surface area (Å²) in [5.41, 5.74) is 5.56. The van der Waals surface area contributed by atoms with Gasteiger partial charge in [-0.1, -0.05) is 12.1 Å². The van der Waals surface area contributed by atoms with Crippen molar-refractivity contribution in [3.63, 3.8) is 0 Å². The number of carbonyl (C=O) groups is 1. The molecule has 0 aliphatic rings. The SMILES string of the molecule is CC(=O)[C@@H](N)[C@H](O)c1cccc([N+](=O)[O-])c1. The van der Waals surface area contributed by atoms with Crippen molar-refractivity contribution >= 4 is 11.5 Å². The number of aliphatic hydroxyl groups is 1. The van der Waals surface area contributed by atoms with Crippen molar-refractivity contribution in [2.24, 2.45) is 5.73 Å². The van der Waals surface area contributed by atoms with E-state index in [9.17, 15) is 20.0 Å². The predicted octanol–water partition coefficient (Wildman–Crippen LogP) is 0.544. The molecule has 0 spiro atoms. The summed E-state index contributed by atoms with van der Waals surface area (Å²) in [5.74, 6) is -0.376. The minimum Gasteiger partial charge on any atom is -0.386 e. The Bertz CT molecular complexity index is 419. The first kappa shape index (κ1) is 12.3. The van der Waals surface area contributed by atoms with Gasteiger partial charge in [0.25, 0.3) is 5.69 Å². The molecule has 6 heteroatoms. The number of rotatable bonds is 4. The number of hydrogen-bond donors (Lipinski definition) is 2. The zero-order valence-electron chi connectivity index (χ0n) is 8.66. The molecule has 3 N–H and O–H groups in total. The maximum atomic E-state index is 11.0. The molecular formula is C10H12N2O4. The fraction of sp³-hybridized carbons (Fsp3) is 0.300. The van der Waals surface area contributed by atoms with Crippen LogP contribution in [0, 0.1) is 10.1 Å². The molecule has 0 aromatic heterocycles. The molecule has 86 valence electrons.